The Kier molecular flexibility index (Phi) is 2.41. The summed E-state index contributed by atoms with van der Waals surface area (Å²) in [7, 11) is 0. The quantitative estimate of drug-likeness (QED) is 0.667. The molecule has 1 aliphatic carbocycles. The predicted molar refractivity (Wildman–Crippen MR) is 63.3 cm³/mol. The maximum Gasteiger partial charge on any atom is 0.0438 e. The zero-order valence-electron chi connectivity index (χ0n) is 9.19. The first-order chi connectivity index (χ1) is 7.93. The molecule has 0 fully saturated rings. The molecule has 0 bridgehead atoms. The van der Waals surface area contributed by atoms with Crippen molar-refractivity contribution < 1.29 is 0 Å². The summed E-state index contributed by atoms with van der Waals surface area (Å²) in [4.78, 5) is 8.69. The van der Waals surface area contributed by atoms with Crippen LogP contribution >= 0.6 is 0 Å². The van der Waals surface area contributed by atoms with E-state index in [4.69, 9.17) is 0 Å². The SMILES string of the molecule is c1cnc2c(c1)CCc1cnccc1CC2. The van der Waals surface area contributed by atoms with Gasteiger partial charge in [0.25, 0.3) is 0 Å². The maximum absolute atomic E-state index is 4.48. The van der Waals surface area contributed by atoms with Crippen LogP contribution in [0.25, 0.3) is 0 Å². The van der Waals surface area contributed by atoms with Crippen molar-refractivity contribution in [1.29, 1.82) is 0 Å². The van der Waals surface area contributed by atoms with Gasteiger partial charge in [-0.2, -0.15) is 0 Å². The monoisotopic (exact) mass is 210 g/mol. The van der Waals surface area contributed by atoms with Gasteiger partial charge < -0.3 is 0 Å². The van der Waals surface area contributed by atoms with Crippen molar-refractivity contribution in [1.82, 2.24) is 9.97 Å². The van der Waals surface area contributed by atoms with Crippen LogP contribution in [0.2, 0.25) is 0 Å². The largest absolute Gasteiger partial charge is 0.264 e. The lowest BCUT2D eigenvalue weighted by atomic mass is 9.93. The van der Waals surface area contributed by atoms with Gasteiger partial charge in [0.05, 0.1) is 0 Å². The molecule has 0 unspecified atom stereocenters. The number of nitrogens with zero attached hydrogens (tertiary/aromatic N) is 2. The lowest BCUT2D eigenvalue weighted by Gasteiger charge is -2.15. The third-order valence-electron chi connectivity index (χ3n) is 3.28. The smallest absolute Gasteiger partial charge is 0.0438 e. The van der Waals surface area contributed by atoms with Crippen LogP contribution in [0.5, 0.6) is 0 Å². The summed E-state index contributed by atoms with van der Waals surface area (Å²) in [6.45, 7) is 0. The highest BCUT2D eigenvalue weighted by molar-refractivity contribution is 5.30. The van der Waals surface area contributed by atoms with Crippen LogP contribution in [0.1, 0.15) is 22.4 Å². The van der Waals surface area contributed by atoms with E-state index in [1.807, 2.05) is 24.7 Å². The number of hydrogen-bond donors (Lipinski definition) is 0. The van der Waals surface area contributed by atoms with Crippen LogP contribution in [0.15, 0.2) is 36.8 Å². The molecule has 1 aliphatic rings. The van der Waals surface area contributed by atoms with Gasteiger partial charge in [0.2, 0.25) is 0 Å². The normalized spacial score (nSPS) is 14.5. The third-order valence-corrected chi connectivity index (χ3v) is 3.28. The minimum absolute atomic E-state index is 1.05. The van der Waals surface area contributed by atoms with Crippen LogP contribution in [0.4, 0.5) is 0 Å². The van der Waals surface area contributed by atoms with Crippen molar-refractivity contribution in [2.75, 3.05) is 0 Å². The van der Waals surface area contributed by atoms with E-state index >= 15 is 0 Å². The molecule has 0 saturated carbocycles. The molecule has 0 spiro atoms. The highest BCUT2D eigenvalue weighted by Gasteiger charge is 2.11. The molecule has 0 atom stereocenters. The first-order valence-electron chi connectivity index (χ1n) is 5.78. The summed E-state index contributed by atoms with van der Waals surface area (Å²) < 4.78 is 0. The van der Waals surface area contributed by atoms with Crippen molar-refractivity contribution in [3.8, 4) is 0 Å². The van der Waals surface area contributed by atoms with E-state index in [0.717, 1.165) is 25.7 Å². The maximum atomic E-state index is 4.48. The molecule has 2 aromatic rings. The molecule has 2 heterocycles. The second-order valence-corrected chi connectivity index (χ2v) is 4.25. The molecular formula is C14H14N2. The molecular weight excluding hydrogens is 196 g/mol. The molecule has 0 aliphatic heterocycles. The standard InChI is InChI=1S/C14H14N2/c1-2-12-3-4-13-10-15-9-7-11(13)5-6-14(12)16-8-1/h1-2,7-10H,3-6H2. The van der Waals surface area contributed by atoms with Gasteiger partial charge in [-0.25, -0.2) is 0 Å². The van der Waals surface area contributed by atoms with Gasteiger partial charge >= 0.3 is 0 Å². The van der Waals surface area contributed by atoms with Gasteiger partial charge in [0.1, 0.15) is 0 Å². The van der Waals surface area contributed by atoms with Gasteiger partial charge in [-0.15, -0.1) is 0 Å². The summed E-state index contributed by atoms with van der Waals surface area (Å²) in [5.74, 6) is 0. The minimum atomic E-state index is 1.05. The number of pyridine rings is 2. The zero-order valence-corrected chi connectivity index (χ0v) is 9.19. The predicted octanol–water partition coefficient (Wildman–Crippen LogP) is 2.36. The van der Waals surface area contributed by atoms with Crippen molar-refractivity contribution >= 4 is 0 Å². The molecule has 0 saturated heterocycles. The van der Waals surface area contributed by atoms with Gasteiger partial charge in [-0.05, 0) is 54.5 Å². The number of aromatic nitrogens is 2. The van der Waals surface area contributed by atoms with E-state index in [0.29, 0.717) is 0 Å². The highest BCUT2D eigenvalue weighted by atomic mass is 14.7. The Morgan fingerprint density at radius 2 is 1.69 bits per heavy atom. The Hall–Kier alpha value is -1.70. The second-order valence-electron chi connectivity index (χ2n) is 4.25. The average Bonchev–Trinajstić information content (AvgIpc) is 2.32. The summed E-state index contributed by atoms with van der Waals surface area (Å²) in [6.07, 6.45) is 10.1. The van der Waals surface area contributed by atoms with E-state index < -0.39 is 0 Å². The Morgan fingerprint density at radius 3 is 2.69 bits per heavy atom. The third kappa shape index (κ3) is 1.71. The molecule has 2 nitrogen and oxygen atoms in total. The molecule has 80 valence electrons. The van der Waals surface area contributed by atoms with Crippen molar-refractivity contribution in [2.45, 2.75) is 25.7 Å². The fraction of sp³-hybridized carbons (Fsp3) is 0.286. The Morgan fingerprint density at radius 1 is 0.812 bits per heavy atom. The van der Waals surface area contributed by atoms with Crippen LogP contribution < -0.4 is 0 Å². The number of rotatable bonds is 0. The van der Waals surface area contributed by atoms with Crippen molar-refractivity contribution in [3.63, 3.8) is 0 Å². The highest BCUT2D eigenvalue weighted by Crippen LogP contribution is 2.19. The average molecular weight is 210 g/mol. The van der Waals surface area contributed by atoms with Crippen molar-refractivity contribution in [2.24, 2.45) is 0 Å². The molecule has 0 radical (unpaired) electrons. The summed E-state index contributed by atoms with van der Waals surface area (Å²) in [5.41, 5.74) is 5.50. The second kappa shape index (κ2) is 4.05. The molecule has 0 N–H and O–H groups in total. The summed E-state index contributed by atoms with van der Waals surface area (Å²) in [6, 6.07) is 6.37. The fourth-order valence-corrected chi connectivity index (χ4v) is 2.37. The van der Waals surface area contributed by atoms with E-state index in [1.165, 1.54) is 22.4 Å². The fourth-order valence-electron chi connectivity index (χ4n) is 2.37. The minimum Gasteiger partial charge on any atom is -0.264 e. The lowest BCUT2D eigenvalue weighted by Crippen LogP contribution is -2.08. The van der Waals surface area contributed by atoms with Gasteiger partial charge in [0.15, 0.2) is 0 Å². The van der Waals surface area contributed by atoms with Gasteiger partial charge in [0, 0.05) is 24.3 Å². The van der Waals surface area contributed by atoms with Crippen LogP contribution in [0, 0.1) is 0 Å². The van der Waals surface area contributed by atoms with E-state index in [9.17, 15) is 0 Å². The van der Waals surface area contributed by atoms with E-state index in [2.05, 4.69) is 22.1 Å². The van der Waals surface area contributed by atoms with E-state index in [1.54, 1.807) is 0 Å². The van der Waals surface area contributed by atoms with Crippen molar-refractivity contribution in [3.05, 3.63) is 59.2 Å². The first-order valence-corrected chi connectivity index (χ1v) is 5.78. The van der Waals surface area contributed by atoms with Crippen LogP contribution in [-0.2, 0) is 25.7 Å². The lowest BCUT2D eigenvalue weighted by molar-refractivity contribution is 0.806. The Labute approximate surface area is 95.4 Å². The van der Waals surface area contributed by atoms with Crippen LogP contribution in [-0.4, -0.2) is 9.97 Å². The molecule has 0 amide bonds. The molecule has 16 heavy (non-hydrogen) atoms. The molecule has 2 heteroatoms. The van der Waals surface area contributed by atoms with Gasteiger partial charge in [-0.1, -0.05) is 6.07 Å². The number of fused-ring (bicyclic) bond motifs is 2. The topological polar surface area (TPSA) is 25.8 Å². The summed E-state index contributed by atoms with van der Waals surface area (Å²) >= 11 is 0. The van der Waals surface area contributed by atoms with Crippen LogP contribution in [0.3, 0.4) is 0 Å². The molecule has 3 rings (SSSR count). The number of aryl methyl sites for hydroxylation is 4. The molecule has 0 aromatic carbocycles. The molecule has 2 aromatic heterocycles. The Balaban J connectivity index is 1.97. The zero-order chi connectivity index (χ0) is 10.8. The van der Waals surface area contributed by atoms with Gasteiger partial charge in [-0.3, -0.25) is 9.97 Å². The number of hydrogen-bond acceptors (Lipinski definition) is 2. The van der Waals surface area contributed by atoms with E-state index in [-0.39, 0.29) is 0 Å². The Bertz CT molecular complexity index is 412. The summed E-state index contributed by atoms with van der Waals surface area (Å²) in [5, 5.41) is 0. The first kappa shape index (κ1) is 9.52.